The third kappa shape index (κ3) is 8.56. The van der Waals surface area contributed by atoms with Crippen LogP contribution in [-0.4, -0.2) is 58.0 Å². The minimum atomic E-state index is -4.30. The standard InChI is InChI=1S/C37H40BrN3O6S/c1-46-31-20-21-35(47-2)33(24-31)41(48(44,45)32-18-7-4-8-19-32)26-36(42)40(25-28-14-11-15-29(38)22-28)34(23-27-12-5-3-6-13-27)37(43)39-30-16-9-10-17-30/h3-8,11-15,18-22,24,30,34H,9-10,16-17,23,25-26H2,1-2H3,(H,39,43). The highest BCUT2D eigenvalue weighted by Crippen LogP contribution is 2.36. The Hall–Kier alpha value is -4.35. The number of methoxy groups -OCH3 is 2. The SMILES string of the molecule is COc1ccc(OC)c(N(CC(=O)N(Cc2cccc(Br)c2)C(Cc2ccccc2)C(=O)NC2CCCC2)S(=O)(=O)c2ccccc2)c1. The summed E-state index contributed by atoms with van der Waals surface area (Å²) in [5.74, 6) is -0.204. The number of anilines is 1. The summed E-state index contributed by atoms with van der Waals surface area (Å²) in [5, 5.41) is 3.20. The fraction of sp³-hybridized carbons (Fsp3) is 0.297. The quantitative estimate of drug-likeness (QED) is 0.162. The fourth-order valence-corrected chi connectivity index (χ4v) is 7.86. The second kappa shape index (κ2) is 16.2. The van der Waals surface area contributed by atoms with Crippen LogP contribution in [0, 0.1) is 0 Å². The van der Waals surface area contributed by atoms with Gasteiger partial charge in [0.1, 0.15) is 24.1 Å². The van der Waals surface area contributed by atoms with Crippen LogP contribution in [-0.2, 0) is 32.6 Å². The first-order chi connectivity index (χ1) is 23.2. The smallest absolute Gasteiger partial charge is 0.264 e. The molecule has 9 nitrogen and oxygen atoms in total. The molecule has 0 spiro atoms. The zero-order valence-corrected chi connectivity index (χ0v) is 29.5. The number of benzene rings is 4. The van der Waals surface area contributed by atoms with Crippen molar-refractivity contribution in [2.75, 3.05) is 25.1 Å². The summed E-state index contributed by atoms with van der Waals surface area (Å²) < 4.78 is 41.6. The third-order valence-electron chi connectivity index (χ3n) is 8.48. The Morgan fingerprint density at radius 3 is 2.17 bits per heavy atom. The third-order valence-corrected chi connectivity index (χ3v) is 10.7. The van der Waals surface area contributed by atoms with Crippen molar-refractivity contribution in [2.24, 2.45) is 0 Å². The van der Waals surface area contributed by atoms with Crippen LogP contribution in [0.25, 0.3) is 0 Å². The minimum absolute atomic E-state index is 0.000949. The molecule has 0 radical (unpaired) electrons. The molecule has 0 aliphatic heterocycles. The summed E-state index contributed by atoms with van der Waals surface area (Å²) in [6.45, 7) is -0.529. The van der Waals surface area contributed by atoms with Crippen LogP contribution in [0.4, 0.5) is 5.69 Å². The van der Waals surface area contributed by atoms with Gasteiger partial charge in [0.05, 0.1) is 24.8 Å². The lowest BCUT2D eigenvalue weighted by molar-refractivity contribution is -0.140. The van der Waals surface area contributed by atoms with Crippen molar-refractivity contribution in [1.82, 2.24) is 10.2 Å². The van der Waals surface area contributed by atoms with Gasteiger partial charge >= 0.3 is 0 Å². The van der Waals surface area contributed by atoms with Crippen LogP contribution in [0.15, 0.2) is 112 Å². The van der Waals surface area contributed by atoms with Gasteiger partial charge in [0.15, 0.2) is 0 Å². The maximum atomic E-state index is 14.8. The van der Waals surface area contributed by atoms with Crippen LogP contribution < -0.4 is 19.1 Å². The van der Waals surface area contributed by atoms with Gasteiger partial charge in [-0.05, 0) is 60.4 Å². The Balaban J connectivity index is 1.61. The lowest BCUT2D eigenvalue weighted by Gasteiger charge is -2.34. The van der Waals surface area contributed by atoms with Gasteiger partial charge in [-0.3, -0.25) is 13.9 Å². The first-order valence-electron chi connectivity index (χ1n) is 15.9. The van der Waals surface area contributed by atoms with Gasteiger partial charge in [-0.1, -0.05) is 89.4 Å². The van der Waals surface area contributed by atoms with Gasteiger partial charge < -0.3 is 19.7 Å². The maximum absolute atomic E-state index is 14.8. The molecule has 1 fully saturated rings. The molecule has 0 bridgehead atoms. The predicted octanol–water partition coefficient (Wildman–Crippen LogP) is 6.36. The molecule has 48 heavy (non-hydrogen) atoms. The highest BCUT2D eigenvalue weighted by Gasteiger charge is 2.36. The zero-order valence-electron chi connectivity index (χ0n) is 27.0. The van der Waals surface area contributed by atoms with E-state index in [-0.39, 0.29) is 41.2 Å². The molecule has 1 aliphatic rings. The molecule has 5 rings (SSSR count). The molecular formula is C37H40BrN3O6S. The van der Waals surface area contributed by atoms with E-state index in [2.05, 4.69) is 21.2 Å². The topological polar surface area (TPSA) is 105 Å². The summed E-state index contributed by atoms with van der Waals surface area (Å²) in [7, 11) is -1.39. The summed E-state index contributed by atoms with van der Waals surface area (Å²) in [4.78, 5) is 30.5. The maximum Gasteiger partial charge on any atom is 0.264 e. The number of carbonyl (C=O) groups is 2. The summed E-state index contributed by atoms with van der Waals surface area (Å²) in [5.41, 5.74) is 1.78. The normalized spacial score (nSPS) is 13.8. The Morgan fingerprint density at radius 1 is 0.854 bits per heavy atom. The number of hydrogen-bond donors (Lipinski definition) is 1. The van der Waals surface area contributed by atoms with Crippen molar-refractivity contribution in [3.63, 3.8) is 0 Å². The van der Waals surface area contributed by atoms with Crippen molar-refractivity contribution < 1.29 is 27.5 Å². The molecule has 1 saturated carbocycles. The van der Waals surface area contributed by atoms with Gasteiger partial charge in [-0.25, -0.2) is 8.42 Å². The van der Waals surface area contributed by atoms with Crippen LogP contribution in [0.3, 0.4) is 0 Å². The molecule has 2 amide bonds. The number of nitrogens with one attached hydrogen (secondary N) is 1. The summed E-state index contributed by atoms with van der Waals surface area (Å²) in [6, 6.07) is 28.8. The van der Waals surface area contributed by atoms with Gasteiger partial charge in [-0.2, -0.15) is 0 Å². The zero-order chi connectivity index (χ0) is 34.1. The average Bonchev–Trinajstić information content (AvgIpc) is 3.62. The molecule has 0 saturated heterocycles. The number of hydrogen-bond acceptors (Lipinski definition) is 6. The molecule has 252 valence electrons. The highest BCUT2D eigenvalue weighted by molar-refractivity contribution is 9.10. The number of nitrogens with zero attached hydrogens (tertiary/aromatic N) is 2. The van der Waals surface area contributed by atoms with Gasteiger partial charge in [0.2, 0.25) is 11.8 Å². The van der Waals surface area contributed by atoms with Crippen molar-refractivity contribution >= 4 is 43.5 Å². The van der Waals surface area contributed by atoms with Crippen LogP contribution in [0.5, 0.6) is 11.5 Å². The second-order valence-corrected chi connectivity index (χ2v) is 14.5. The van der Waals surface area contributed by atoms with Crippen molar-refractivity contribution in [3.8, 4) is 11.5 Å². The lowest BCUT2D eigenvalue weighted by atomic mass is 10.0. The van der Waals surface area contributed by atoms with Gasteiger partial charge in [0, 0.05) is 29.5 Å². The van der Waals surface area contributed by atoms with Crippen molar-refractivity contribution in [1.29, 1.82) is 0 Å². The van der Waals surface area contributed by atoms with E-state index < -0.39 is 28.5 Å². The van der Waals surface area contributed by atoms with Crippen LogP contribution in [0.2, 0.25) is 0 Å². The van der Waals surface area contributed by atoms with E-state index in [0.29, 0.717) is 5.75 Å². The molecule has 11 heteroatoms. The predicted molar refractivity (Wildman–Crippen MR) is 190 cm³/mol. The Kier molecular flexibility index (Phi) is 11.8. The van der Waals surface area contributed by atoms with Crippen molar-refractivity contribution in [3.05, 3.63) is 119 Å². The molecular weight excluding hydrogens is 694 g/mol. The molecule has 1 N–H and O–H groups in total. The molecule has 0 aromatic heterocycles. The van der Waals surface area contributed by atoms with Gasteiger partial charge in [-0.15, -0.1) is 0 Å². The molecule has 4 aromatic rings. The Labute approximate surface area is 291 Å². The minimum Gasteiger partial charge on any atom is -0.497 e. The number of rotatable bonds is 14. The van der Waals surface area contributed by atoms with Crippen molar-refractivity contribution in [2.45, 2.75) is 55.6 Å². The number of sulfonamides is 1. The molecule has 1 aliphatic carbocycles. The van der Waals surface area contributed by atoms with Crippen LogP contribution >= 0.6 is 15.9 Å². The fourth-order valence-electron chi connectivity index (χ4n) is 5.98. The Morgan fingerprint density at radius 2 is 1.52 bits per heavy atom. The van der Waals surface area contributed by atoms with E-state index >= 15 is 0 Å². The molecule has 1 unspecified atom stereocenters. The number of halogens is 1. The number of ether oxygens (including phenoxy) is 2. The van der Waals surface area contributed by atoms with E-state index in [1.807, 2.05) is 54.6 Å². The Bertz CT molecular complexity index is 1800. The molecule has 4 aromatic carbocycles. The highest BCUT2D eigenvalue weighted by atomic mass is 79.9. The number of carbonyl (C=O) groups excluding carboxylic acids is 2. The summed E-state index contributed by atoms with van der Waals surface area (Å²) in [6.07, 6.45) is 4.06. The van der Waals surface area contributed by atoms with Crippen LogP contribution in [0.1, 0.15) is 36.8 Å². The van der Waals surface area contributed by atoms with E-state index in [9.17, 15) is 18.0 Å². The molecule has 1 atom stereocenters. The number of amides is 2. The van der Waals surface area contributed by atoms with Gasteiger partial charge in [0.25, 0.3) is 10.0 Å². The second-order valence-electron chi connectivity index (χ2n) is 11.7. The lowest BCUT2D eigenvalue weighted by Crippen LogP contribution is -2.54. The van der Waals surface area contributed by atoms with E-state index in [4.69, 9.17) is 9.47 Å². The molecule has 0 heterocycles. The largest absolute Gasteiger partial charge is 0.497 e. The summed E-state index contributed by atoms with van der Waals surface area (Å²) >= 11 is 3.52. The first kappa shape index (κ1) is 35.0. The van der Waals surface area contributed by atoms with E-state index in [1.54, 1.807) is 30.3 Å². The van der Waals surface area contributed by atoms with E-state index in [0.717, 1.165) is 45.6 Å². The average molecular weight is 735 g/mol. The monoisotopic (exact) mass is 733 g/mol. The first-order valence-corrected chi connectivity index (χ1v) is 18.1. The van der Waals surface area contributed by atoms with E-state index in [1.165, 1.54) is 37.3 Å².